The van der Waals surface area contributed by atoms with Gasteiger partial charge in [0.2, 0.25) is 0 Å². The van der Waals surface area contributed by atoms with Crippen LogP contribution in [0, 0.1) is 0 Å². The lowest BCUT2D eigenvalue weighted by Gasteiger charge is -2.41. The molecule has 1 fully saturated rings. The van der Waals surface area contributed by atoms with Crippen LogP contribution in [-0.2, 0) is 4.74 Å². The van der Waals surface area contributed by atoms with Crippen LogP contribution < -0.4 is 14.4 Å². The van der Waals surface area contributed by atoms with Crippen molar-refractivity contribution in [3.05, 3.63) is 47.7 Å². The second-order valence-corrected chi connectivity index (χ2v) is 6.95. The summed E-state index contributed by atoms with van der Waals surface area (Å²) in [6.07, 6.45) is 1.03. The number of ether oxygens (including phenoxy) is 3. The van der Waals surface area contributed by atoms with Crippen molar-refractivity contribution in [2.24, 2.45) is 0 Å². The van der Waals surface area contributed by atoms with E-state index in [0.717, 1.165) is 11.4 Å². The molecule has 1 saturated heterocycles. The van der Waals surface area contributed by atoms with Crippen molar-refractivity contribution in [2.75, 3.05) is 53.0 Å². The summed E-state index contributed by atoms with van der Waals surface area (Å²) in [6, 6.07) is 8.57. The molecule has 1 amide bonds. The molecule has 0 unspecified atom stereocenters. The smallest absolute Gasteiger partial charge is 0.256 e. The van der Waals surface area contributed by atoms with Crippen molar-refractivity contribution in [3.63, 3.8) is 0 Å². The summed E-state index contributed by atoms with van der Waals surface area (Å²) in [4.78, 5) is 21.2. The zero-order valence-electron chi connectivity index (χ0n) is 17.2. The molecule has 0 bridgehead atoms. The minimum Gasteiger partial charge on any atom is -0.493 e. The first-order valence-electron chi connectivity index (χ1n) is 9.38. The molecule has 0 radical (unpaired) electrons. The number of carbonyl (C=O) groups is 1. The van der Waals surface area contributed by atoms with E-state index in [2.05, 4.69) is 4.98 Å². The molecular formula is C21H27N3O5. The number of aliphatic hydroxyl groups is 1. The van der Waals surface area contributed by atoms with Gasteiger partial charge in [-0.2, -0.15) is 0 Å². The second kappa shape index (κ2) is 9.11. The third kappa shape index (κ3) is 4.28. The van der Waals surface area contributed by atoms with E-state index in [1.807, 2.05) is 37.2 Å². The van der Waals surface area contributed by atoms with Gasteiger partial charge < -0.3 is 29.1 Å². The van der Waals surface area contributed by atoms with Gasteiger partial charge in [-0.1, -0.05) is 6.07 Å². The van der Waals surface area contributed by atoms with E-state index >= 15 is 0 Å². The van der Waals surface area contributed by atoms with Crippen LogP contribution in [0.5, 0.6) is 11.5 Å². The zero-order chi connectivity index (χ0) is 21.0. The van der Waals surface area contributed by atoms with Gasteiger partial charge in [0.15, 0.2) is 11.5 Å². The standard InChI is InChI=1S/C21H27N3O5/c1-23(2)19-8-6-15(12-22-19)21(26)24-9-10-29-18(13-25)20(24)14-5-7-16(27-3)17(11-14)28-4/h5-8,11-12,18,20,25H,9-10,13H2,1-4H3/t18-,20-/m1/s1. The Hall–Kier alpha value is -2.84. The van der Waals surface area contributed by atoms with Gasteiger partial charge in [-0.3, -0.25) is 4.79 Å². The van der Waals surface area contributed by atoms with Crippen molar-refractivity contribution >= 4 is 11.7 Å². The number of carbonyl (C=O) groups excluding carboxylic acids is 1. The number of morpholine rings is 1. The van der Waals surface area contributed by atoms with E-state index in [4.69, 9.17) is 14.2 Å². The molecule has 1 aromatic carbocycles. The Bertz CT molecular complexity index is 841. The zero-order valence-corrected chi connectivity index (χ0v) is 17.2. The van der Waals surface area contributed by atoms with E-state index < -0.39 is 12.1 Å². The summed E-state index contributed by atoms with van der Waals surface area (Å²) in [7, 11) is 6.91. The van der Waals surface area contributed by atoms with Crippen molar-refractivity contribution < 1.29 is 24.1 Å². The lowest BCUT2D eigenvalue weighted by molar-refractivity contribution is -0.0811. The first kappa shape index (κ1) is 20.9. The molecule has 8 nitrogen and oxygen atoms in total. The summed E-state index contributed by atoms with van der Waals surface area (Å²) in [6.45, 7) is 0.550. The minimum atomic E-state index is -0.542. The number of aromatic nitrogens is 1. The van der Waals surface area contributed by atoms with Crippen LogP contribution >= 0.6 is 0 Å². The maximum Gasteiger partial charge on any atom is 0.256 e. The summed E-state index contributed by atoms with van der Waals surface area (Å²) in [5, 5.41) is 9.88. The highest BCUT2D eigenvalue weighted by Crippen LogP contribution is 2.36. The van der Waals surface area contributed by atoms with Crippen molar-refractivity contribution in [2.45, 2.75) is 12.1 Å². The highest BCUT2D eigenvalue weighted by molar-refractivity contribution is 5.94. The van der Waals surface area contributed by atoms with E-state index in [1.54, 1.807) is 37.4 Å². The Kier molecular flexibility index (Phi) is 6.56. The lowest BCUT2D eigenvalue weighted by atomic mass is 9.97. The van der Waals surface area contributed by atoms with Gasteiger partial charge in [0.1, 0.15) is 11.9 Å². The third-order valence-corrected chi connectivity index (χ3v) is 5.00. The predicted molar refractivity (Wildman–Crippen MR) is 109 cm³/mol. The summed E-state index contributed by atoms with van der Waals surface area (Å²) < 4.78 is 16.5. The Balaban J connectivity index is 1.96. The van der Waals surface area contributed by atoms with E-state index in [1.165, 1.54) is 0 Å². The molecule has 2 atom stereocenters. The third-order valence-electron chi connectivity index (χ3n) is 5.00. The monoisotopic (exact) mass is 401 g/mol. The molecule has 1 aromatic heterocycles. The second-order valence-electron chi connectivity index (χ2n) is 6.95. The molecule has 2 heterocycles. The van der Waals surface area contributed by atoms with Gasteiger partial charge >= 0.3 is 0 Å². The van der Waals surface area contributed by atoms with E-state index in [0.29, 0.717) is 30.2 Å². The summed E-state index contributed by atoms with van der Waals surface area (Å²) in [5.41, 5.74) is 1.28. The van der Waals surface area contributed by atoms with E-state index in [9.17, 15) is 9.90 Å². The van der Waals surface area contributed by atoms with Crippen molar-refractivity contribution in [1.29, 1.82) is 0 Å². The molecule has 1 aliphatic heterocycles. The molecule has 0 spiro atoms. The van der Waals surface area contributed by atoms with E-state index in [-0.39, 0.29) is 12.5 Å². The lowest BCUT2D eigenvalue weighted by Crippen LogP contribution is -2.49. The Morgan fingerprint density at radius 3 is 2.59 bits per heavy atom. The number of amides is 1. The number of aliphatic hydroxyl groups excluding tert-OH is 1. The largest absolute Gasteiger partial charge is 0.493 e. The van der Waals surface area contributed by atoms with Crippen molar-refractivity contribution in [1.82, 2.24) is 9.88 Å². The van der Waals surface area contributed by atoms with Crippen molar-refractivity contribution in [3.8, 4) is 11.5 Å². The molecule has 1 aliphatic rings. The van der Waals surface area contributed by atoms with Gasteiger partial charge in [-0.05, 0) is 29.8 Å². The first-order valence-corrected chi connectivity index (χ1v) is 9.38. The number of rotatable bonds is 6. The average molecular weight is 401 g/mol. The highest BCUT2D eigenvalue weighted by atomic mass is 16.5. The maximum atomic E-state index is 13.3. The first-order chi connectivity index (χ1) is 14.0. The van der Waals surface area contributed by atoms with Gasteiger partial charge in [0.05, 0.1) is 39.0 Å². The average Bonchev–Trinajstić information content (AvgIpc) is 2.77. The molecule has 3 rings (SSSR count). The topological polar surface area (TPSA) is 84.4 Å². The fourth-order valence-electron chi connectivity index (χ4n) is 3.49. The van der Waals surface area contributed by atoms with Crippen LogP contribution in [0.1, 0.15) is 22.0 Å². The Morgan fingerprint density at radius 2 is 2.00 bits per heavy atom. The number of methoxy groups -OCH3 is 2. The number of anilines is 1. The van der Waals surface area contributed by atoms with Gasteiger partial charge in [0, 0.05) is 26.8 Å². The minimum absolute atomic E-state index is 0.163. The molecular weight excluding hydrogens is 374 g/mol. The highest BCUT2D eigenvalue weighted by Gasteiger charge is 2.37. The fourth-order valence-corrected chi connectivity index (χ4v) is 3.49. The molecule has 8 heteroatoms. The molecule has 2 aromatic rings. The SMILES string of the molecule is COc1ccc([C@@H]2[C@@H](CO)OCCN2C(=O)c2ccc(N(C)C)nc2)cc1OC. The number of pyridine rings is 1. The quantitative estimate of drug-likeness (QED) is 0.789. The van der Waals surface area contributed by atoms with Gasteiger partial charge in [-0.15, -0.1) is 0 Å². The molecule has 156 valence electrons. The number of benzene rings is 1. The molecule has 29 heavy (non-hydrogen) atoms. The van der Waals surface area contributed by atoms with Crippen LogP contribution in [0.15, 0.2) is 36.5 Å². The Labute approximate surface area is 170 Å². The van der Waals surface area contributed by atoms with Crippen LogP contribution in [0.2, 0.25) is 0 Å². The van der Waals surface area contributed by atoms with Crippen LogP contribution in [0.25, 0.3) is 0 Å². The number of nitrogens with zero attached hydrogens (tertiary/aromatic N) is 3. The van der Waals surface area contributed by atoms with Gasteiger partial charge in [-0.25, -0.2) is 4.98 Å². The fraction of sp³-hybridized carbons (Fsp3) is 0.429. The molecule has 1 N–H and O–H groups in total. The molecule has 0 aliphatic carbocycles. The van der Waals surface area contributed by atoms with Crippen LogP contribution in [0.4, 0.5) is 5.82 Å². The van der Waals surface area contributed by atoms with Gasteiger partial charge in [0.25, 0.3) is 5.91 Å². The Morgan fingerprint density at radius 1 is 1.24 bits per heavy atom. The predicted octanol–water partition coefficient (Wildman–Crippen LogP) is 1.74. The summed E-state index contributed by atoms with van der Waals surface area (Å²) in [5.74, 6) is 1.75. The van der Waals surface area contributed by atoms with Crippen LogP contribution in [-0.4, -0.2) is 75.1 Å². The summed E-state index contributed by atoms with van der Waals surface area (Å²) >= 11 is 0. The number of hydrogen-bond donors (Lipinski definition) is 1. The normalized spacial score (nSPS) is 19.0. The number of hydrogen-bond acceptors (Lipinski definition) is 7. The maximum absolute atomic E-state index is 13.3. The molecule has 0 saturated carbocycles. The van der Waals surface area contributed by atoms with Crippen LogP contribution in [0.3, 0.4) is 0 Å².